The van der Waals surface area contributed by atoms with Crippen molar-refractivity contribution in [3.63, 3.8) is 0 Å². The highest BCUT2D eigenvalue weighted by Gasteiger charge is 2.17. The first-order valence-corrected chi connectivity index (χ1v) is 8.51. The third-order valence-corrected chi connectivity index (χ3v) is 4.81. The first kappa shape index (κ1) is 15.8. The number of fused-ring (bicyclic) bond motifs is 1. The summed E-state index contributed by atoms with van der Waals surface area (Å²) in [7, 11) is -1.98. The number of rotatable bonds is 5. The molecule has 116 valence electrons. The smallest absolute Gasteiger partial charge is 0.235 e. The van der Waals surface area contributed by atoms with Crippen LogP contribution in [0.5, 0.6) is 0 Å². The lowest BCUT2D eigenvalue weighted by Gasteiger charge is -2.14. The van der Waals surface area contributed by atoms with Crippen LogP contribution < -0.4 is 10.0 Å². The van der Waals surface area contributed by atoms with Crippen LogP contribution >= 0.6 is 0 Å². The zero-order valence-electron chi connectivity index (χ0n) is 12.2. The van der Waals surface area contributed by atoms with Crippen LogP contribution in [0.15, 0.2) is 18.2 Å². The van der Waals surface area contributed by atoms with Gasteiger partial charge in [0, 0.05) is 24.9 Å². The largest absolute Gasteiger partial charge is 0.381 e. The topological polar surface area (TPSA) is 84.5 Å². The Morgan fingerprint density at radius 2 is 2.14 bits per heavy atom. The van der Waals surface area contributed by atoms with E-state index in [0.29, 0.717) is 12.1 Å². The van der Waals surface area contributed by atoms with Gasteiger partial charge in [0.15, 0.2) is 0 Å². The molecule has 1 aliphatic heterocycles. The average molecular weight is 312 g/mol. The monoisotopic (exact) mass is 312 g/mol. The molecule has 1 aromatic rings. The molecular formula is C14H20N2O4S. The van der Waals surface area contributed by atoms with Crippen molar-refractivity contribution in [3.8, 4) is 0 Å². The minimum atomic E-state index is -3.45. The van der Waals surface area contributed by atoms with Gasteiger partial charge >= 0.3 is 0 Å². The summed E-state index contributed by atoms with van der Waals surface area (Å²) in [6.45, 7) is 1.70. The van der Waals surface area contributed by atoms with Crippen LogP contribution in [0.3, 0.4) is 0 Å². The molecule has 1 aromatic carbocycles. The van der Waals surface area contributed by atoms with E-state index in [9.17, 15) is 13.2 Å². The number of sulfonamides is 1. The number of methoxy groups -OCH3 is 1. The maximum Gasteiger partial charge on any atom is 0.235 e. The standard InChI is InChI=1S/C14H20N2O4S/c1-10(20-2)9-21(18,19)16-12-6-7-13-11(8-12)4-3-5-14(17)15-13/h6-8,10,16H,3-5,9H2,1-2H3,(H,15,17)/t10-/m1/s1. The Morgan fingerprint density at radius 3 is 2.86 bits per heavy atom. The molecule has 0 saturated carbocycles. The number of ether oxygens (including phenoxy) is 1. The van der Waals surface area contributed by atoms with E-state index < -0.39 is 10.0 Å². The molecule has 1 amide bonds. The van der Waals surface area contributed by atoms with Gasteiger partial charge in [-0.15, -0.1) is 0 Å². The highest BCUT2D eigenvalue weighted by atomic mass is 32.2. The Kier molecular flexibility index (Phi) is 4.84. The molecule has 0 spiro atoms. The third-order valence-electron chi connectivity index (χ3n) is 3.36. The number of nitrogens with one attached hydrogen (secondary N) is 2. The molecule has 0 unspecified atom stereocenters. The Hall–Kier alpha value is -1.60. The minimum absolute atomic E-state index is 0.00370. The van der Waals surface area contributed by atoms with Crippen LogP contribution in [0.4, 0.5) is 11.4 Å². The number of hydrogen-bond acceptors (Lipinski definition) is 4. The number of benzene rings is 1. The van der Waals surface area contributed by atoms with Crippen LogP contribution in [-0.4, -0.2) is 33.3 Å². The third kappa shape index (κ3) is 4.44. The van der Waals surface area contributed by atoms with E-state index >= 15 is 0 Å². The number of amides is 1. The lowest BCUT2D eigenvalue weighted by molar-refractivity contribution is -0.116. The van der Waals surface area contributed by atoms with Crippen molar-refractivity contribution >= 4 is 27.3 Å². The van der Waals surface area contributed by atoms with E-state index in [1.54, 1.807) is 25.1 Å². The molecular weight excluding hydrogens is 292 g/mol. The summed E-state index contributed by atoms with van der Waals surface area (Å²) in [5.74, 6) is -0.104. The molecule has 0 radical (unpaired) electrons. The number of aryl methyl sites for hydroxylation is 1. The van der Waals surface area contributed by atoms with Crippen LogP contribution in [0.2, 0.25) is 0 Å². The zero-order chi connectivity index (χ0) is 15.5. The lowest BCUT2D eigenvalue weighted by Crippen LogP contribution is -2.25. The molecule has 0 aliphatic carbocycles. The first-order chi connectivity index (χ1) is 9.89. The van der Waals surface area contributed by atoms with Crippen LogP contribution in [-0.2, 0) is 26.0 Å². The summed E-state index contributed by atoms with van der Waals surface area (Å²) in [6, 6.07) is 5.16. The number of carbonyl (C=O) groups is 1. The van der Waals surface area contributed by atoms with Crippen molar-refractivity contribution in [2.24, 2.45) is 0 Å². The quantitative estimate of drug-likeness (QED) is 0.867. The van der Waals surface area contributed by atoms with Gasteiger partial charge in [-0.25, -0.2) is 8.42 Å². The Bertz CT molecular complexity index is 628. The van der Waals surface area contributed by atoms with Gasteiger partial charge in [-0.2, -0.15) is 0 Å². The van der Waals surface area contributed by atoms with Gasteiger partial charge in [0.25, 0.3) is 0 Å². The lowest BCUT2D eigenvalue weighted by atomic mass is 10.1. The van der Waals surface area contributed by atoms with Crippen LogP contribution in [0.1, 0.15) is 25.3 Å². The molecule has 21 heavy (non-hydrogen) atoms. The van der Waals surface area contributed by atoms with Crippen molar-refractivity contribution in [2.45, 2.75) is 32.3 Å². The second-order valence-corrected chi connectivity index (χ2v) is 6.97. The van der Waals surface area contributed by atoms with Gasteiger partial charge in [0.05, 0.1) is 11.9 Å². The predicted molar refractivity (Wildman–Crippen MR) is 81.9 cm³/mol. The second kappa shape index (κ2) is 6.44. The predicted octanol–water partition coefficient (Wildman–Crippen LogP) is 1.74. The maximum atomic E-state index is 12.0. The molecule has 0 aromatic heterocycles. The molecule has 1 atom stereocenters. The summed E-state index contributed by atoms with van der Waals surface area (Å²) in [4.78, 5) is 11.5. The summed E-state index contributed by atoms with van der Waals surface area (Å²) in [5.41, 5.74) is 2.21. The van der Waals surface area contributed by atoms with E-state index in [1.807, 2.05) is 0 Å². The Morgan fingerprint density at radius 1 is 1.38 bits per heavy atom. The van der Waals surface area contributed by atoms with Gasteiger partial charge < -0.3 is 10.1 Å². The molecule has 0 saturated heterocycles. The normalized spacial score (nSPS) is 16.6. The van der Waals surface area contributed by atoms with Crippen LogP contribution in [0.25, 0.3) is 0 Å². The molecule has 7 heteroatoms. The Balaban J connectivity index is 2.15. The minimum Gasteiger partial charge on any atom is -0.381 e. The number of carbonyl (C=O) groups excluding carboxylic acids is 1. The average Bonchev–Trinajstić information content (AvgIpc) is 2.58. The summed E-state index contributed by atoms with van der Waals surface area (Å²) in [6.07, 6.45) is 1.62. The maximum absolute atomic E-state index is 12.0. The van der Waals surface area contributed by atoms with Crippen molar-refractivity contribution in [2.75, 3.05) is 22.9 Å². The molecule has 0 fully saturated rings. The summed E-state index contributed by atoms with van der Waals surface area (Å²) in [5, 5.41) is 2.82. The summed E-state index contributed by atoms with van der Waals surface area (Å²) < 4.78 is 31.5. The highest BCUT2D eigenvalue weighted by Crippen LogP contribution is 2.25. The fraction of sp³-hybridized carbons (Fsp3) is 0.500. The fourth-order valence-electron chi connectivity index (χ4n) is 2.24. The van der Waals surface area contributed by atoms with Crippen LogP contribution in [0, 0.1) is 0 Å². The molecule has 6 nitrogen and oxygen atoms in total. The second-order valence-electron chi connectivity index (χ2n) is 5.20. The van der Waals surface area contributed by atoms with Crippen molar-refractivity contribution in [3.05, 3.63) is 23.8 Å². The van der Waals surface area contributed by atoms with E-state index in [2.05, 4.69) is 10.0 Å². The van der Waals surface area contributed by atoms with Gasteiger partial charge in [-0.05, 0) is 43.5 Å². The van der Waals surface area contributed by atoms with Crippen molar-refractivity contribution in [1.82, 2.24) is 0 Å². The first-order valence-electron chi connectivity index (χ1n) is 6.85. The molecule has 2 N–H and O–H groups in total. The van der Waals surface area contributed by atoms with Gasteiger partial charge in [0.2, 0.25) is 15.9 Å². The molecule has 2 rings (SSSR count). The zero-order valence-corrected chi connectivity index (χ0v) is 13.0. The van der Waals surface area contributed by atoms with E-state index in [-0.39, 0.29) is 17.8 Å². The highest BCUT2D eigenvalue weighted by molar-refractivity contribution is 7.92. The Labute approximate surface area is 124 Å². The molecule has 1 aliphatic rings. The number of anilines is 2. The summed E-state index contributed by atoms with van der Waals surface area (Å²) >= 11 is 0. The van der Waals surface area contributed by atoms with Gasteiger partial charge in [-0.1, -0.05) is 0 Å². The van der Waals surface area contributed by atoms with Gasteiger partial charge in [0.1, 0.15) is 0 Å². The van der Waals surface area contributed by atoms with E-state index in [4.69, 9.17) is 4.74 Å². The van der Waals surface area contributed by atoms with E-state index in [1.165, 1.54) is 7.11 Å². The van der Waals surface area contributed by atoms with E-state index in [0.717, 1.165) is 24.1 Å². The SMILES string of the molecule is CO[C@H](C)CS(=O)(=O)Nc1ccc2c(c1)CCCC(=O)N2. The molecule has 1 heterocycles. The van der Waals surface area contributed by atoms with Crippen molar-refractivity contribution < 1.29 is 17.9 Å². The molecule has 0 bridgehead atoms. The van der Waals surface area contributed by atoms with Crippen molar-refractivity contribution in [1.29, 1.82) is 0 Å². The fourth-order valence-corrected chi connectivity index (χ4v) is 3.56. The number of hydrogen-bond donors (Lipinski definition) is 2. The van der Waals surface area contributed by atoms with Gasteiger partial charge in [-0.3, -0.25) is 9.52 Å².